The molecule has 14 heteroatoms. The quantitative estimate of drug-likeness (QED) is 0.355. The third kappa shape index (κ3) is 6.30. The Balaban J connectivity index is 0.00000167. The maximum Gasteiger partial charge on any atom is 0.257 e. The van der Waals surface area contributed by atoms with Gasteiger partial charge in [0, 0.05) is 42.5 Å². The second-order valence-corrected chi connectivity index (χ2v) is 11.7. The highest BCUT2D eigenvalue weighted by atomic mass is 32.2. The van der Waals surface area contributed by atoms with E-state index >= 15 is 0 Å². The maximum atomic E-state index is 13.1. The summed E-state index contributed by atoms with van der Waals surface area (Å²) in [4.78, 5) is 25.1. The van der Waals surface area contributed by atoms with Crippen molar-refractivity contribution in [3.05, 3.63) is 40.3 Å². The normalized spacial score (nSPS) is 14.1. The summed E-state index contributed by atoms with van der Waals surface area (Å²) in [5, 5.41) is 4.10. The molecule has 4 rings (SSSR count). The number of rotatable bonds is 10. The van der Waals surface area contributed by atoms with Crippen LogP contribution in [0.5, 0.6) is 0 Å². The molecule has 0 spiro atoms. The number of hydrogen-bond donors (Lipinski definition) is 0. The van der Waals surface area contributed by atoms with Crippen molar-refractivity contribution in [3.8, 4) is 0 Å². The highest BCUT2D eigenvalue weighted by Gasteiger charge is 2.29. The lowest BCUT2D eigenvalue weighted by molar-refractivity contribution is 0.133. The lowest BCUT2D eigenvalue weighted by Crippen LogP contribution is -2.27. The van der Waals surface area contributed by atoms with Gasteiger partial charge in [0.25, 0.3) is 15.6 Å². The van der Waals surface area contributed by atoms with Crippen molar-refractivity contribution in [1.29, 1.82) is 0 Å². The van der Waals surface area contributed by atoms with E-state index in [1.165, 1.54) is 17.1 Å². The lowest BCUT2D eigenvalue weighted by atomic mass is 10.2. The first-order chi connectivity index (χ1) is 16.6. The van der Waals surface area contributed by atoms with Crippen molar-refractivity contribution in [3.63, 3.8) is 0 Å². The maximum absolute atomic E-state index is 13.1. The van der Waals surface area contributed by atoms with Crippen LogP contribution in [0.15, 0.2) is 28.5 Å². The Labute approximate surface area is 204 Å². The van der Waals surface area contributed by atoms with E-state index in [4.69, 9.17) is 4.74 Å². The van der Waals surface area contributed by atoms with Crippen LogP contribution in [0.1, 0.15) is 57.3 Å². The zero-order valence-corrected chi connectivity index (χ0v) is 21.8. The fourth-order valence-electron chi connectivity index (χ4n) is 3.33. The van der Waals surface area contributed by atoms with Crippen molar-refractivity contribution < 1.29 is 21.6 Å². The van der Waals surface area contributed by atoms with Crippen LogP contribution in [-0.2, 0) is 37.7 Å². The smallest absolute Gasteiger partial charge is 0.257 e. The van der Waals surface area contributed by atoms with Crippen LogP contribution >= 0.6 is 0 Å². The van der Waals surface area contributed by atoms with Crippen LogP contribution < -0.4 is 5.56 Å². The highest BCUT2D eigenvalue weighted by Crippen LogP contribution is 2.37. The zero-order valence-electron chi connectivity index (χ0n) is 20.2. The molecule has 0 aromatic carbocycles. The van der Waals surface area contributed by atoms with Crippen LogP contribution in [-0.4, -0.2) is 64.2 Å². The van der Waals surface area contributed by atoms with Crippen LogP contribution in [0.3, 0.4) is 0 Å². The van der Waals surface area contributed by atoms with Gasteiger partial charge in [-0.25, -0.2) is 26.8 Å². The van der Waals surface area contributed by atoms with Gasteiger partial charge >= 0.3 is 0 Å². The Kier molecular flexibility index (Phi) is 8.38. The first kappa shape index (κ1) is 26.9. The molecule has 1 fully saturated rings. The largest absolute Gasteiger partial charge is 0.377 e. The van der Waals surface area contributed by atoms with Crippen molar-refractivity contribution in [1.82, 2.24) is 28.7 Å². The third-order valence-electron chi connectivity index (χ3n) is 5.17. The molecule has 35 heavy (non-hydrogen) atoms. The van der Waals surface area contributed by atoms with Gasteiger partial charge in [-0.05, 0) is 32.3 Å². The minimum atomic E-state index is -3.76. The first-order valence-corrected chi connectivity index (χ1v) is 14.9. The number of sulfone groups is 1. The molecule has 0 radical (unpaired) electrons. The summed E-state index contributed by atoms with van der Waals surface area (Å²) in [5.41, 5.74) is 0.0291. The van der Waals surface area contributed by atoms with E-state index < -0.39 is 30.6 Å². The van der Waals surface area contributed by atoms with Crippen molar-refractivity contribution in [2.24, 2.45) is 0 Å². The summed E-state index contributed by atoms with van der Waals surface area (Å²) in [6, 6.07) is 1.56. The van der Waals surface area contributed by atoms with E-state index in [1.807, 2.05) is 13.8 Å². The summed E-state index contributed by atoms with van der Waals surface area (Å²) in [6.45, 7) is 6.25. The second-order valence-electron chi connectivity index (χ2n) is 7.89. The summed E-state index contributed by atoms with van der Waals surface area (Å²) >= 11 is 0. The van der Waals surface area contributed by atoms with Crippen LogP contribution in [0.2, 0.25) is 0 Å². The number of hydrogen-bond acceptors (Lipinski definition) is 10. The minimum absolute atomic E-state index is 0.00107. The molecule has 12 nitrogen and oxygen atoms in total. The summed E-state index contributed by atoms with van der Waals surface area (Å²) in [6.07, 6.45) is 5.48. The molecule has 192 valence electrons. The van der Waals surface area contributed by atoms with Crippen LogP contribution in [0, 0.1) is 0 Å². The minimum Gasteiger partial charge on any atom is -0.377 e. The number of pyridine rings is 1. The Morgan fingerprint density at radius 1 is 1.14 bits per heavy atom. The van der Waals surface area contributed by atoms with Gasteiger partial charge < -0.3 is 4.74 Å². The van der Waals surface area contributed by atoms with Crippen molar-refractivity contribution in [2.45, 2.75) is 64.3 Å². The molecule has 1 aliphatic rings. The monoisotopic (exact) mass is 526 g/mol. The number of ether oxygens (including phenoxy) is 1. The molecule has 0 atom stereocenters. The molecular weight excluding hydrogens is 496 g/mol. The van der Waals surface area contributed by atoms with Crippen molar-refractivity contribution in [2.75, 3.05) is 18.6 Å². The molecule has 1 aliphatic carbocycles. The van der Waals surface area contributed by atoms with Gasteiger partial charge in [0.15, 0.2) is 5.82 Å². The van der Waals surface area contributed by atoms with E-state index in [9.17, 15) is 21.6 Å². The molecule has 3 heterocycles. The number of nitrogens with zero attached hydrogens (tertiary/aromatic N) is 6. The summed E-state index contributed by atoms with van der Waals surface area (Å²) < 4.78 is 56.7. The molecule has 1 saturated carbocycles. The third-order valence-corrected chi connectivity index (χ3v) is 7.58. The fraction of sp³-hybridized carbons (Fsp3) is 0.571. The molecule has 0 unspecified atom stereocenters. The van der Waals surface area contributed by atoms with E-state index in [0.29, 0.717) is 23.4 Å². The Bertz CT molecular complexity index is 1460. The van der Waals surface area contributed by atoms with Crippen molar-refractivity contribution >= 4 is 30.9 Å². The molecular formula is C21H30N6O6S2. The lowest BCUT2D eigenvalue weighted by Gasteiger charge is -2.13. The van der Waals surface area contributed by atoms with Gasteiger partial charge in [0.05, 0.1) is 12.4 Å². The van der Waals surface area contributed by atoms with E-state index in [1.54, 1.807) is 13.0 Å². The van der Waals surface area contributed by atoms with Gasteiger partial charge in [0.2, 0.25) is 15.0 Å². The van der Waals surface area contributed by atoms with E-state index in [0.717, 1.165) is 23.2 Å². The SMILES string of the molecule is CC.CCOCc1cc2cnc(S(C)(=O)=O)nc2n(CCCS(=O)(=O)n2cnc(C3CC3)n2)c1=O. The molecule has 0 N–H and O–H groups in total. The Morgan fingerprint density at radius 2 is 1.86 bits per heavy atom. The first-order valence-electron chi connectivity index (χ1n) is 11.4. The molecule has 0 bridgehead atoms. The molecule has 3 aromatic heterocycles. The van der Waals surface area contributed by atoms with Gasteiger partial charge in [-0.15, -0.1) is 9.19 Å². The van der Waals surface area contributed by atoms with Gasteiger partial charge in [-0.1, -0.05) is 13.8 Å². The predicted molar refractivity (Wildman–Crippen MR) is 129 cm³/mol. The molecule has 0 saturated heterocycles. The molecule has 0 aliphatic heterocycles. The van der Waals surface area contributed by atoms with Crippen LogP contribution in [0.25, 0.3) is 11.0 Å². The highest BCUT2D eigenvalue weighted by molar-refractivity contribution is 7.90. The van der Waals surface area contributed by atoms with Gasteiger partial charge in [-0.2, -0.15) is 4.98 Å². The number of fused-ring (bicyclic) bond motifs is 1. The van der Waals surface area contributed by atoms with Crippen LogP contribution in [0.4, 0.5) is 0 Å². The number of aryl methyl sites for hydroxylation is 1. The predicted octanol–water partition coefficient (Wildman–Crippen LogP) is 1.49. The molecule has 3 aromatic rings. The Hall–Kier alpha value is -2.71. The van der Waals surface area contributed by atoms with E-state index in [2.05, 4.69) is 20.1 Å². The Morgan fingerprint density at radius 3 is 2.49 bits per heavy atom. The summed E-state index contributed by atoms with van der Waals surface area (Å²) in [5.74, 6) is 0.464. The topological polar surface area (TPSA) is 156 Å². The molecule has 0 amide bonds. The summed E-state index contributed by atoms with van der Waals surface area (Å²) in [7, 11) is -7.47. The van der Waals surface area contributed by atoms with E-state index in [-0.39, 0.29) is 36.9 Å². The second kappa shape index (κ2) is 10.9. The zero-order chi connectivity index (χ0) is 25.8. The fourth-order valence-corrected chi connectivity index (χ4v) is 4.90. The average molecular weight is 527 g/mol. The standard InChI is InChI=1S/C19H24N6O6S2.C2H6/c1-3-31-11-15-9-14-10-20-19(32(2,27)28)22-17(14)24(18(15)26)7-4-8-33(29,30)25-12-21-16(23-25)13-5-6-13;1-2/h9-10,12-13H,3-8,11H2,1-2H3;1-2H3. The number of aromatic nitrogens is 6. The average Bonchev–Trinajstić information content (AvgIpc) is 3.55. The van der Waals surface area contributed by atoms with Gasteiger partial charge in [0.1, 0.15) is 12.0 Å². The van der Waals surface area contributed by atoms with Gasteiger partial charge in [-0.3, -0.25) is 9.36 Å².